The highest BCUT2D eigenvalue weighted by atomic mass is 16.5. The number of hydrogen-bond acceptors (Lipinski definition) is 2. The van der Waals surface area contributed by atoms with Crippen LogP contribution in [0.3, 0.4) is 0 Å². The summed E-state index contributed by atoms with van der Waals surface area (Å²) in [7, 11) is 0. The van der Waals surface area contributed by atoms with Gasteiger partial charge in [-0.3, -0.25) is 0 Å². The third-order valence-electron chi connectivity index (χ3n) is 4.94. The highest BCUT2D eigenvalue weighted by Gasteiger charge is 2.42. The molecule has 0 saturated carbocycles. The minimum atomic E-state index is -1.99. The minimum Gasteiger partial charge on any atom is -0.358 e. The number of aliphatic hydroxyl groups is 2. The van der Waals surface area contributed by atoms with Gasteiger partial charge in [0, 0.05) is 16.6 Å². The summed E-state index contributed by atoms with van der Waals surface area (Å²) in [6.45, 7) is 4.20. The van der Waals surface area contributed by atoms with Crippen molar-refractivity contribution >= 4 is 16.3 Å². The van der Waals surface area contributed by atoms with E-state index in [0.717, 1.165) is 21.9 Å². The van der Waals surface area contributed by atoms with Crippen molar-refractivity contribution in [1.82, 2.24) is 0 Å². The molecule has 3 aromatic rings. The molecule has 0 saturated heterocycles. The molecule has 24 heavy (non-hydrogen) atoms. The second kappa shape index (κ2) is 5.04. The molecule has 0 bridgehead atoms. The summed E-state index contributed by atoms with van der Waals surface area (Å²) in [5.74, 6) is -1.99. The summed E-state index contributed by atoms with van der Waals surface area (Å²) in [6, 6.07) is 21.6. The second-order valence-corrected chi connectivity index (χ2v) is 7.06. The molecule has 2 N–H and O–H groups in total. The van der Waals surface area contributed by atoms with Crippen molar-refractivity contribution in [2.45, 2.75) is 25.0 Å². The maximum Gasteiger partial charge on any atom is 0.217 e. The fourth-order valence-corrected chi connectivity index (χ4v) is 3.67. The zero-order chi connectivity index (χ0) is 16.9. The Hall–Kier alpha value is -2.42. The molecule has 0 unspecified atom stereocenters. The van der Waals surface area contributed by atoms with Crippen LogP contribution in [-0.2, 0) is 11.2 Å². The van der Waals surface area contributed by atoms with Crippen LogP contribution in [0.5, 0.6) is 0 Å². The van der Waals surface area contributed by atoms with Gasteiger partial charge in [0.05, 0.1) is 0 Å². The van der Waals surface area contributed by atoms with Crippen molar-refractivity contribution in [3.8, 4) is 0 Å². The van der Waals surface area contributed by atoms with Crippen LogP contribution in [0.4, 0.5) is 0 Å². The first-order valence-electron chi connectivity index (χ1n) is 8.17. The summed E-state index contributed by atoms with van der Waals surface area (Å²) >= 11 is 0. The molecule has 4 rings (SSSR count). The van der Waals surface area contributed by atoms with E-state index in [2.05, 4.69) is 19.9 Å². The van der Waals surface area contributed by atoms with Gasteiger partial charge in [-0.05, 0) is 28.0 Å². The highest BCUT2D eigenvalue weighted by Crippen LogP contribution is 2.46. The number of allylic oxidation sites excluding steroid dienone is 1. The van der Waals surface area contributed by atoms with Gasteiger partial charge >= 0.3 is 0 Å². The summed E-state index contributed by atoms with van der Waals surface area (Å²) < 4.78 is 0. The summed E-state index contributed by atoms with van der Waals surface area (Å²) in [5, 5.41) is 24.1. The molecule has 1 aliphatic rings. The monoisotopic (exact) mass is 316 g/mol. The first-order valence-corrected chi connectivity index (χ1v) is 8.17. The topological polar surface area (TPSA) is 40.5 Å². The first kappa shape index (κ1) is 15.1. The molecule has 120 valence electrons. The van der Waals surface area contributed by atoms with Gasteiger partial charge in [0.1, 0.15) is 0 Å². The normalized spacial score (nSPS) is 18.1. The quantitative estimate of drug-likeness (QED) is 0.655. The fraction of sp³-hybridized carbons (Fsp3) is 0.182. The predicted octanol–water partition coefficient (Wildman–Crippen LogP) is 4.35. The van der Waals surface area contributed by atoms with Gasteiger partial charge in [-0.25, -0.2) is 0 Å². The van der Waals surface area contributed by atoms with E-state index in [1.54, 1.807) is 6.07 Å². The zero-order valence-electron chi connectivity index (χ0n) is 13.8. The second-order valence-electron chi connectivity index (χ2n) is 7.06. The number of benzene rings is 3. The Morgan fingerprint density at radius 3 is 2.08 bits per heavy atom. The van der Waals surface area contributed by atoms with Crippen molar-refractivity contribution in [3.63, 3.8) is 0 Å². The van der Waals surface area contributed by atoms with Crippen molar-refractivity contribution in [2.24, 2.45) is 0 Å². The van der Waals surface area contributed by atoms with Crippen LogP contribution in [0.25, 0.3) is 16.3 Å². The Balaban J connectivity index is 1.95. The van der Waals surface area contributed by atoms with Crippen molar-refractivity contribution < 1.29 is 10.2 Å². The molecular weight excluding hydrogens is 296 g/mol. The van der Waals surface area contributed by atoms with E-state index in [1.807, 2.05) is 60.7 Å². The molecule has 1 aliphatic carbocycles. The Morgan fingerprint density at radius 2 is 1.33 bits per heavy atom. The summed E-state index contributed by atoms with van der Waals surface area (Å²) in [5.41, 5.74) is 2.60. The lowest BCUT2D eigenvalue weighted by Crippen LogP contribution is -2.36. The van der Waals surface area contributed by atoms with Crippen LogP contribution in [0.2, 0.25) is 0 Å². The van der Waals surface area contributed by atoms with Gasteiger partial charge in [0.15, 0.2) is 0 Å². The maximum atomic E-state index is 10.9. The first-order chi connectivity index (χ1) is 11.4. The van der Waals surface area contributed by atoms with Crippen LogP contribution < -0.4 is 0 Å². The van der Waals surface area contributed by atoms with Crippen LogP contribution in [-0.4, -0.2) is 10.2 Å². The van der Waals surface area contributed by atoms with Crippen LogP contribution in [0.15, 0.2) is 72.8 Å². The van der Waals surface area contributed by atoms with Crippen molar-refractivity contribution in [3.05, 3.63) is 89.5 Å². The van der Waals surface area contributed by atoms with E-state index in [0.29, 0.717) is 11.1 Å². The molecule has 0 heterocycles. The van der Waals surface area contributed by atoms with Gasteiger partial charge < -0.3 is 10.2 Å². The molecule has 0 aliphatic heterocycles. The van der Waals surface area contributed by atoms with E-state index in [9.17, 15) is 10.2 Å². The van der Waals surface area contributed by atoms with Gasteiger partial charge in [-0.2, -0.15) is 0 Å². The van der Waals surface area contributed by atoms with E-state index in [1.165, 1.54) is 0 Å². The molecule has 0 atom stereocenters. The highest BCUT2D eigenvalue weighted by molar-refractivity contribution is 5.88. The van der Waals surface area contributed by atoms with Crippen molar-refractivity contribution in [1.29, 1.82) is 0 Å². The number of fused-ring (bicyclic) bond motifs is 2. The van der Waals surface area contributed by atoms with E-state index >= 15 is 0 Å². The molecule has 2 nitrogen and oxygen atoms in total. The lowest BCUT2D eigenvalue weighted by atomic mass is 9.70. The summed E-state index contributed by atoms with van der Waals surface area (Å²) in [6.07, 6.45) is 1.97. The molecular formula is C22H20O2. The molecule has 0 radical (unpaired) electrons. The lowest BCUT2D eigenvalue weighted by molar-refractivity contribution is -0.117. The average molecular weight is 316 g/mol. The number of rotatable bonds is 1. The standard InChI is InChI=1S/C22H20O2/c1-21(2)14-20(22(23,24)19-10-6-5-9-18(19)21)17-12-11-15-7-3-4-8-16(15)13-17/h3-14,23-24H,1-2H3. The van der Waals surface area contributed by atoms with E-state index in [-0.39, 0.29) is 5.41 Å². The molecule has 0 amide bonds. The molecule has 2 heteroatoms. The SMILES string of the molecule is CC1(C)C=C(c2ccc3ccccc3c2)C(O)(O)c2ccccc21. The van der Waals surface area contributed by atoms with Gasteiger partial charge in [-0.15, -0.1) is 0 Å². The largest absolute Gasteiger partial charge is 0.358 e. The number of hydrogen-bond donors (Lipinski definition) is 2. The molecule has 0 aromatic heterocycles. The maximum absolute atomic E-state index is 10.9. The third-order valence-corrected chi connectivity index (χ3v) is 4.94. The van der Waals surface area contributed by atoms with Crippen molar-refractivity contribution in [2.75, 3.05) is 0 Å². The van der Waals surface area contributed by atoms with Crippen LogP contribution in [0.1, 0.15) is 30.5 Å². The Bertz CT molecular complexity index is 964. The van der Waals surface area contributed by atoms with Crippen LogP contribution >= 0.6 is 0 Å². The van der Waals surface area contributed by atoms with Gasteiger partial charge in [0.2, 0.25) is 5.79 Å². The van der Waals surface area contributed by atoms with E-state index < -0.39 is 5.79 Å². The Kier molecular flexibility index (Phi) is 3.17. The van der Waals surface area contributed by atoms with Gasteiger partial charge in [0.25, 0.3) is 0 Å². The molecule has 0 spiro atoms. The lowest BCUT2D eigenvalue weighted by Gasteiger charge is -2.38. The third kappa shape index (κ3) is 2.19. The predicted molar refractivity (Wildman–Crippen MR) is 97.5 cm³/mol. The summed E-state index contributed by atoms with van der Waals surface area (Å²) in [4.78, 5) is 0. The Labute approximate surface area is 141 Å². The average Bonchev–Trinajstić information content (AvgIpc) is 2.58. The van der Waals surface area contributed by atoms with Gasteiger partial charge in [-0.1, -0.05) is 80.6 Å². The molecule has 3 aromatic carbocycles. The smallest absolute Gasteiger partial charge is 0.217 e. The van der Waals surface area contributed by atoms with Crippen LogP contribution in [0, 0.1) is 0 Å². The van der Waals surface area contributed by atoms with E-state index in [4.69, 9.17) is 0 Å². The molecule has 0 fully saturated rings. The zero-order valence-corrected chi connectivity index (χ0v) is 13.8. The Morgan fingerprint density at radius 1 is 0.708 bits per heavy atom. The minimum absolute atomic E-state index is 0.271. The fourth-order valence-electron chi connectivity index (χ4n) is 3.67.